The number of imidazole rings is 2. The molecule has 0 atom stereocenters. The molecule has 2 heterocycles. The predicted molar refractivity (Wildman–Crippen MR) is 65.4 cm³/mol. The lowest BCUT2D eigenvalue weighted by atomic mass is 10.7. The largest absolute Gasteiger partial charge is 0.475 e. The fourth-order valence-corrected chi connectivity index (χ4v) is 0.764. The number of aromatic nitrogens is 4. The molecule has 0 unspecified atom stereocenters. The standard InChI is InChI=1S/2C4H4N2O2.H3O4P/c2*7-4(8)3-5-1-2-6-3;1-5(2,3)4/h2*1-2H,(H,5,6)(H,7,8);(H3,1,2,3,4). The van der Waals surface area contributed by atoms with E-state index in [0.29, 0.717) is 0 Å². The monoisotopic (exact) mass is 322 g/mol. The van der Waals surface area contributed by atoms with Crippen molar-refractivity contribution in [1.29, 1.82) is 0 Å². The quantitative estimate of drug-likeness (QED) is 0.345. The number of carbonyl (C=O) groups is 2. The normalized spacial score (nSPS) is 9.67. The third-order valence-electron chi connectivity index (χ3n) is 1.40. The van der Waals surface area contributed by atoms with Gasteiger partial charge in [0.25, 0.3) is 0 Å². The van der Waals surface area contributed by atoms with Gasteiger partial charge in [-0.15, -0.1) is 0 Å². The molecule has 7 N–H and O–H groups in total. The average molecular weight is 322 g/mol. The molecule has 21 heavy (non-hydrogen) atoms. The maximum Gasteiger partial charge on any atom is 0.466 e. The van der Waals surface area contributed by atoms with E-state index in [2.05, 4.69) is 19.9 Å². The van der Waals surface area contributed by atoms with Crippen molar-refractivity contribution in [2.75, 3.05) is 0 Å². The van der Waals surface area contributed by atoms with Gasteiger partial charge in [-0.1, -0.05) is 0 Å². The number of H-pyrrole nitrogens is 2. The van der Waals surface area contributed by atoms with Gasteiger partial charge in [-0.05, 0) is 0 Å². The van der Waals surface area contributed by atoms with Gasteiger partial charge in [-0.2, -0.15) is 0 Å². The van der Waals surface area contributed by atoms with E-state index in [1.54, 1.807) is 0 Å². The molecule has 0 aromatic carbocycles. The highest BCUT2D eigenvalue weighted by Gasteiger charge is 2.01. The Morgan fingerprint density at radius 3 is 1.29 bits per heavy atom. The number of carboxylic acid groups (broad SMARTS) is 2. The number of aromatic carboxylic acids is 2. The number of phosphoric acid groups is 1. The summed E-state index contributed by atoms with van der Waals surface area (Å²) in [6.45, 7) is 0. The fourth-order valence-electron chi connectivity index (χ4n) is 0.764. The van der Waals surface area contributed by atoms with Crippen LogP contribution in [0.4, 0.5) is 0 Å². The van der Waals surface area contributed by atoms with E-state index < -0.39 is 19.8 Å². The van der Waals surface area contributed by atoms with Gasteiger partial charge in [-0.25, -0.2) is 24.1 Å². The molecular formula is C8H11N4O8P. The minimum Gasteiger partial charge on any atom is -0.475 e. The number of hydrogen-bond donors (Lipinski definition) is 7. The first-order valence-electron chi connectivity index (χ1n) is 4.85. The Morgan fingerprint density at radius 2 is 1.19 bits per heavy atom. The summed E-state index contributed by atoms with van der Waals surface area (Å²) in [5.74, 6) is -2.11. The maximum atomic E-state index is 9.97. The Bertz CT molecular complexity index is 537. The Labute approximate surface area is 116 Å². The summed E-state index contributed by atoms with van der Waals surface area (Å²) in [4.78, 5) is 53.3. The van der Waals surface area contributed by atoms with E-state index >= 15 is 0 Å². The summed E-state index contributed by atoms with van der Waals surface area (Å²) in [5.41, 5.74) is 0. The number of carboxylic acids is 2. The van der Waals surface area contributed by atoms with Crippen LogP contribution in [-0.2, 0) is 4.57 Å². The molecule has 0 aliphatic rings. The predicted octanol–water partition coefficient (Wildman–Crippen LogP) is -0.713. The molecule has 0 saturated heterocycles. The fraction of sp³-hybridized carbons (Fsp3) is 0. The van der Waals surface area contributed by atoms with Crippen molar-refractivity contribution in [2.24, 2.45) is 0 Å². The van der Waals surface area contributed by atoms with Gasteiger partial charge in [0, 0.05) is 24.8 Å². The lowest BCUT2D eigenvalue weighted by molar-refractivity contribution is 0.0674. The molecule has 13 heteroatoms. The summed E-state index contributed by atoms with van der Waals surface area (Å²) >= 11 is 0. The molecule has 0 spiro atoms. The third kappa shape index (κ3) is 11.0. The van der Waals surface area contributed by atoms with E-state index in [1.807, 2.05) is 0 Å². The van der Waals surface area contributed by atoms with Crippen LogP contribution in [0.1, 0.15) is 21.2 Å². The Hall–Kier alpha value is -2.53. The lowest BCUT2D eigenvalue weighted by Gasteiger charge is -1.82. The van der Waals surface area contributed by atoms with Crippen LogP contribution in [0.5, 0.6) is 0 Å². The van der Waals surface area contributed by atoms with E-state index in [4.69, 9.17) is 29.5 Å². The summed E-state index contributed by atoms with van der Waals surface area (Å²) < 4.78 is 8.88. The van der Waals surface area contributed by atoms with Crippen LogP contribution in [0.2, 0.25) is 0 Å². The second-order valence-electron chi connectivity index (χ2n) is 3.00. The lowest BCUT2D eigenvalue weighted by Crippen LogP contribution is -1.97. The second kappa shape index (κ2) is 8.60. The molecule has 2 aromatic heterocycles. The van der Waals surface area contributed by atoms with Gasteiger partial charge < -0.3 is 34.9 Å². The molecule has 0 fully saturated rings. The zero-order chi connectivity index (χ0) is 16.5. The number of rotatable bonds is 2. The maximum absolute atomic E-state index is 9.97. The topological polar surface area (TPSA) is 210 Å². The summed E-state index contributed by atoms with van der Waals surface area (Å²) in [5, 5.41) is 16.4. The van der Waals surface area contributed by atoms with Crippen LogP contribution in [0.25, 0.3) is 0 Å². The molecule has 0 radical (unpaired) electrons. The van der Waals surface area contributed by atoms with E-state index in [0.717, 1.165) is 0 Å². The highest BCUT2D eigenvalue weighted by atomic mass is 31.2. The Balaban J connectivity index is 0.000000296. The summed E-state index contributed by atoms with van der Waals surface area (Å²) in [6, 6.07) is 0. The van der Waals surface area contributed by atoms with Gasteiger partial charge in [0.2, 0.25) is 11.6 Å². The highest BCUT2D eigenvalue weighted by molar-refractivity contribution is 7.45. The van der Waals surface area contributed by atoms with Crippen molar-refractivity contribution in [3.63, 3.8) is 0 Å². The van der Waals surface area contributed by atoms with Crippen LogP contribution >= 0.6 is 7.82 Å². The zero-order valence-electron chi connectivity index (χ0n) is 10.1. The SMILES string of the molecule is O=C(O)c1ncc[nH]1.O=C(O)c1ncc[nH]1.O=P(O)(O)O. The highest BCUT2D eigenvalue weighted by Crippen LogP contribution is 2.25. The molecule has 0 saturated carbocycles. The number of aromatic amines is 2. The molecule has 2 rings (SSSR count). The first kappa shape index (κ1) is 18.5. The number of nitrogens with zero attached hydrogens (tertiary/aromatic N) is 2. The molecule has 116 valence electrons. The van der Waals surface area contributed by atoms with Crippen molar-refractivity contribution >= 4 is 19.8 Å². The van der Waals surface area contributed by atoms with Gasteiger partial charge in [0.05, 0.1) is 0 Å². The first-order valence-corrected chi connectivity index (χ1v) is 6.41. The smallest absolute Gasteiger partial charge is 0.466 e. The van der Waals surface area contributed by atoms with E-state index in [1.165, 1.54) is 24.8 Å². The molecule has 0 bridgehead atoms. The van der Waals surface area contributed by atoms with Gasteiger partial charge in [-0.3, -0.25) is 0 Å². The summed E-state index contributed by atoms with van der Waals surface area (Å²) in [7, 11) is -4.64. The van der Waals surface area contributed by atoms with E-state index in [-0.39, 0.29) is 11.6 Å². The molecule has 12 nitrogen and oxygen atoms in total. The number of nitrogens with one attached hydrogen (secondary N) is 2. The van der Waals surface area contributed by atoms with Gasteiger partial charge in [0.1, 0.15) is 0 Å². The number of hydrogen-bond acceptors (Lipinski definition) is 5. The minimum absolute atomic E-state index is 0.0231. The third-order valence-corrected chi connectivity index (χ3v) is 1.40. The van der Waals surface area contributed by atoms with Crippen LogP contribution < -0.4 is 0 Å². The summed E-state index contributed by atoms with van der Waals surface area (Å²) in [6.07, 6.45) is 5.71. The zero-order valence-corrected chi connectivity index (χ0v) is 11.0. The minimum atomic E-state index is -4.64. The van der Waals surface area contributed by atoms with Crippen LogP contribution in [-0.4, -0.2) is 56.8 Å². The van der Waals surface area contributed by atoms with Crippen molar-refractivity contribution < 1.29 is 39.0 Å². The molecular weight excluding hydrogens is 311 g/mol. The second-order valence-corrected chi connectivity index (χ2v) is 4.03. The van der Waals surface area contributed by atoms with Crippen molar-refractivity contribution in [2.45, 2.75) is 0 Å². The molecule has 0 aliphatic carbocycles. The molecule has 2 aromatic rings. The van der Waals surface area contributed by atoms with Crippen LogP contribution in [0, 0.1) is 0 Å². The molecule has 0 amide bonds. The van der Waals surface area contributed by atoms with Gasteiger partial charge in [0.15, 0.2) is 0 Å². The Morgan fingerprint density at radius 1 is 0.905 bits per heavy atom. The van der Waals surface area contributed by atoms with Crippen molar-refractivity contribution in [3.8, 4) is 0 Å². The van der Waals surface area contributed by atoms with Crippen LogP contribution in [0.3, 0.4) is 0 Å². The average Bonchev–Trinajstić information content (AvgIpc) is 3.02. The van der Waals surface area contributed by atoms with E-state index in [9.17, 15) is 9.59 Å². The molecule has 0 aliphatic heterocycles. The van der Waals surface area contributed by atoms with Crippen molar-refractivity contribution in [3.05, 3.63) is 36.4 Å². The van der Waals surface area contributed by atoms with Gasteiger partial charge >= 0.3 is 19.8 Å². The van der Waals surface area contributed by atoms with Crippen LogP contribution in [0.15, 0.2) is 24.8 Å². The Kier molecular flexibility index (Phi) is 7.57. The first-order chi connectivity index (χ1) is 9.61. The van der Waals surface area contributed by atoms with Crippen molar-refractivity contribution in [1.82, 2.24) is 19.9 Å².